The van der Waals surface area contributed by atoms with Gasteiger partial charge in [-0.05, 0) is 32.8 Å². The summed E-state index contributed by atoms with van der Waals surface area (Å²) >= 11 is 0. The second-order valence-corrected chi connectivity index (χ2v) is 6.78. The van der Waals surface area contributed by atoms with Crippen molar-refractivity contribution >= 4 is 17.5 Å². The molecule has 1 atom stereocenters. The molecule has 0 radical (unpaired) electrons. The molecule has 4 rings (SSSR count). The molecule has 1 aliphatic heterocycles. The van der Waals surface area contributed by atoms with Gasteiger partial charge in [-0.15, -0.1) is 0 Å². The van der Waals surface area contributed by atoms with E-state index in [4.69, 9.17) is 0 Å². The summed E-state index contributed by atoms with van der Waals surface area (Å²) in [4.78, 5) is 23.3. The van der Waals surface area contributed by atoms with Gasteiger partial charge in [0.1, 0.15) is 17.8 Å². The van der Waals surface area contributed by atoms with E-state index >= 15 is 0 Å². The number of rotatable bonds is 3. The highest BCUT2D eigenvalue weighted by molar-refractivity contribution is 5.92. The Balaban J connectivity index is 1.52. The van der Waals surface area contributed by atoms with Crippen molar-refractivity contribution in [1.82, 2.24) is 34.7 Å². The molecule has 1 unspecified atom stereocenters. The van der Waals surface area contributed by atoms with Crippen LogP contribution in [-0.2, 0) is 7.05 Å². The summed E-state index contributed by atoms with van der Waals surface area (Å²) in [6, 6.07) is 3.88. The van der Waals surface area contributed by atoms with Crippen LogP contribution in [0.3, 0.4) is 0 Å². The second kappa shape index (κ2) is 6.40. The molecule has 9 heteroatoms. The van der Waals surface area contributed by atoms with Gasteiger partial charge in [0.25, 0.3) is 11.7 Å². The van der Waals surface area contributed by atoms with E-state index in [0.717, 1.165) is 43.1 Å². The first-order valence-corrected chi connectivity index (χ1v) is 8.75. The molecule has 0 aromatic carbocycles. The van der Waals surface area contributed by atoms with E-state index in [0.29, 0.717) is 11.5 Å². The van der Waals surface area contributed by atoms with Crippen LogP contribution in [-0.4, -0.2) is 54.4 Å². The molecule has 1 aliphatic rings. The van der Waals surface area contributed by atoms with Crippen LogP contribution in [0.15, 0.2) is 18.5 Å². The third kappa shape index (κ3) is 3.00. The minimum atomic E-state index is -0.127. The number of amides is 1. The number of aryl methyl sites for hydroxylation is 3. The van der Waals surface area contributed by atoms with E-state index in [1.807, 2.05) is 27.0 Å². The van der Waals surface area contributed by atoms with E-state index < -0.39 is 0 Å². The first kappa shape index (κ1) is 16.5. The molecule has 0 bridgehead atoms. The van der Waals surface area contributed by atoms with Crippen LogP contribution in [0.1, 0.15) is 34.7 Å². The van der Waals surface area contributed by atoms with Crippen molar-refractivity contribution in [1.29, 1.82) is 0 Å². The van der Waals surface area contributed by atoms with E-state index in [1.54, 1.807) is 15.3 Å². The van der Waals surface area contributed by atoms with Crippen molar-refractivity contribution in [2.75, 3.05) is 18.0 Å². The van der Waals surface area contributed by atoms with Gasteiger partial charge in [0, 0.05) is 43.6 Å². The number of hydrogen-bond donors (Lipinski definition) is 1. The van der Waals surface area contributed by atoms with Crippen molar-refractivity contribution in [3.05, 3.63) is 35.5 Å². The van der Waals surface area contributed by atoms with Crippen molar-refractivity contribution in [3.63, 3.8) is 0 Å². The van der Waals surface area contributed by atoms with Gasteiger partial charge < -0.3 is 10.2 Å². The minimum absolute atomic E-state index is 0.0607. The lowest BCUT2D eigenvalue weighted by Gasteiger charge is -2.34. The molecule has 0 saturated carbocycles. The normalized spacial score (nSPS) is 17.7. The van der Waals surface area contributed by atoms with Gasteiger partial charge in [0.15, 0.2) is 0 Å². The first-order chi connectivity index (χ1) is 12.5. The number of fused-ring (bicyclic) bond motifs is 1. The van der Waals surface area contributed by atoms with Crippen LogP contribution in [0.5, 0.6) is 0 Å². The topological polar surface area (TPSA) is 93.2 Å². The van der Waals surface area contributed by atoms with E-state index in [1.165, 1.54) is 6.33 Å². The zero-order valence-corrected chi connectivity index (χ0v) is 15.2. The third-order valence-electron chi connectivity index (χ3n) is 4.79. The Hall–Kier alpha value is -2.97. The highest BCUT2D eigenvalue weighted by Gasteiger charge is 2.25. The van der Waals surface area contributed by atoms with E-state index in [-0.39, 0.29) is 11.9 Å². The fourth-order valence-electron chi connectivity index (χ4n) is 3.37. The van der Waals surface area contributed by atoms with Crippen LogP contribution < -0.4 is 10.2 Å². The van der Waals surface area contributed by atoms with Gasteiger partial charge in [-0.1, -0.05) is 0 Å². The lowest BCUT2D eigenvalue weighted by Crippen LogP contribution is -2.48. The third-order valence-corrected chi connectivity index (χ3v) is 4.79. The van der Waals surface area contributed by atoms with Gasteiger partial charge in [0.05, 0.1) is 0 Å². The Kier molecular flexibility index (Phi) is 4.06. The Bertz CT molecular complexity index is 939. The zero-order valence-electron chi connectivity index (χ0n) is 15.2. The summed E-state index contributed by atoms with van der Waals surface area (Å²) in [7, 11) is 1.84. The average molecular weight is 354 g/mol. The summed E-state index contributed by atoms with van der Waals surface area (Å²) in [5.41, 5.74) is 2.32. The fourth-order valence-corrected chi connectivity index (χ4v) is 3.37. The predicted octanol–water partition coefficient (Wildman–Crippen LogP) is 0.873. The Morgan fingerprint density at radius 2 is 2.15 bits per heavy atom. The van der Waals surface area contributed by atoms with E-state index in [9.17, 15) is 4.79 Å². The SMILES string of the molecule is Cc1cc(N2CCCC(NC(=O)c3cc(C)n(C)n3)C2)n2ncnc2n1. The molecule has 0 spiro atoms. The highest BCUT2D eigenvalue weighted by atomic mass is 16.2. The molecule has 0 aliphatic carbocycles. The highest BCUT2D eigenvalue weighted by Crippen LogP contribution is 2.21. The number of nitrogens with one attached hydrogen (secondary N) is 1. The smallest absolute Gasteiger partial charge is 0.272 e. The van der Waals surface area contributed by atoms with E-state index in [2.05, 4.69) is 30.4 Å². The van der Waals surface area contributed by atoms with Crippen molar-refractivity contribution in [2.24, 2.45) is 7.05 Å². The largest absolute Gasteiger partial charge is 0.354 e. The summed E-state index contributed by atoms with van der Waals surface area (Å²) in [6.07, 6.45) is 3.44. The lowest BCUT2D eigenvalue weighted by molar-refractivity contribution is 0.0927. The monoisotopic (exact) mass is 354 g/mol. The summed E-state index contributed by atoms with van der Waals surface area (Å²) in [5, 5.41) is 11.7. The molecule has 3 aromatic rings. The van der Waals surface area contributed by atoms with Crippen LogP contribution in [0.4, 0.5) is 5.82 Å². The maximum absolute atomic E-state index is 12.5. The van der Waals surface area contributed by atoms with Crippen LogP contribution in [0.25, 0.3) is 5.78 Å². The number of hydrogen-bond acceptors (Lipinski definition) is 6. The van der Waals surface area contributed by atoms with Crippen LogP contribution in [0.2, 0.25) is 0 Å². The molecule has 4 heterocycles. The number of piperidine rings is 1. The summed E-state index contributed by atoms with van der Waals surface area (Å²) in [5.74, 6) is 1.42. The van der Waals surface area contributed by atoms with Gasteiger partial charge in [-0.25, -0.2) is 4.98 Å². The number of aromatic nitrogens is 6. The van der Waals surface area contributed by atoms with Gasteiger partial charge >= 0.3 is 0 Å². The number of nitrogens with zero attached hydrogens (tertiary/aromatic N) is 7. The molecule has 1 amide bonds. The predicted molar refractivity (Wildman–Crippen MR) is 96.2 cm³/mol. The second-order valence-electron chi connectivity index (χ2n) is 6.78. The minimum Gasteiger partial charge on any atom is -0.354 e. The molecule has 1 saturated heterocycles. The van der Waals surface area contributed by atoms with Gasteiger partial charge in [-0.3, -0.25) is 9.48 Å². The lowest BCUT2D eigenvalue weighted by atomic mass is 10.1. The van der Waals surface area contributed by atoms with Crippen LogP contribution in [0, 0.1) is 13.8 Å². The summed E-state index contributed by atoms with van der Waals surface area (Å²) in [6.45, 7) is 5.51. The molecular formula is C17H22N8O. The maximum Gasteiger partial charge on any atom is 0.272 e. The number of carbonyl (C=O) groups excluding carboxylic acids is 1. The standard InChI is InChI=1S/C17H22N8O/c1-11-7-15(25-17(20-11)18-10-19-25)24-6-4-5-13(9-24)21-16(26)14-8-12(2)23(3)22-14/h7-8,10,13H,4-6,9H2,1-3H3,(H,21,26). The molecule has 1 fully saturated rings. The Labute approximate surface area is 151 Å². The Morgan fingerprint density at radius 1 is 1.31 bits per heavy atom. The average Bonchev–Trinajstić information content (AvgIpc) is 3.21. The molecule has 9 nitrogen and oxygen atoms in total. The van der Waals surface area contributed by atoms with Crippen molar-refractivity contribution < 1.29 is 4.79 Å². The summed E-state index contributed by atoms with van der Waals surface area (Å²) < 4.78 is 3.46. The fraction of sp³-hybridized carbons (Fsp3) is 0.471. The molecule has 3 aromatic heterocycles. The van der Waals surface area contributed by atoms with Crippen LogP contribution >= 0.6 is 0 Å². The number of carbonyl (C=O) groups is 1. The molecule has 1 N–H and O–H groups in total. The molecular weight excluding hydrogens is 332 g/mol. The zero-order chi connectivity index (χ0) is 18.3. The van der Waals surface area contributed by atoms with Gasteiger partial charge in [-0.2, -0.15) is 19.7 Å². The van der Waals surface area contributed by atoms with Gasteiger partial charge in [0.2, 0.25) is 0 Å². The maximum atomic E-state index is 12.5. The quantitative estimate of drug-likeness (QED) is 0.750. The molecule has 26 heavy (non-hydrogen) atoms. The first-order valence-electron chi connectivity index (χ1n) is 8.75. The number of anilines is 1. The van der Waals surface area contributed by atoms with Crippen molar-refractivity contribution in [2.45, 2.75) is 32.7 Å². The Morgan fingerprint density at radius 3 is 2.92 bits per heavy atom. The van der Waals surface area contributed by atoms with Crippen molar-refractivity contribution in [3.8, 4) is 0 Å². The molecule has 136 valence electrons.